The Morgan fingerprint density at radius 2 is 2.07 bits per heavy atom. The van der Waals surface area contributed by atoms with E-state index in [1.165, 1.54) is 6.07 Å². The number of benzene rings is 1. The van der Waals surface area contributed by atoms with Crippen molar-refractivity contribution >= 4 is 15.5 Å². The van der Waals surface area contributed by atoms with Crippen molar-refractivity contribution in [3.05, 3.63) is 23.8 Å². The third kappa shape index (κ3) is 2.92. The number of anilines is 1. The third-order valence-corrected chi connectivity index (χ3v) is 3.90. The molecule has 0 saturated carbocycles. The summed E-state index contributed by atoms with van der Waals surface area (Å²) in [5.74, 6) is -0.197. The predicted octanol–water partition coefficient (Wildman–Crippen LogP) is 1.71. The zero-order valence-electron chi connectivity index (χ0n) is 8.53. The van der Waals surface area contributed by atoms with Gasteiger partial charge in [0, 0.05) is 0 Å². The molecule has 0 fully saturated rings. The molecule has 0 aliphatic carbocycles. The predicted molar refractivity (Wildman–Crippen MR) is 58.2 cm³/mol. The summed E-state index contributed by atoms with van der Waals surface area (Å²) in [6.07, 6.45) is 0.00964. The maximum Gasteiger partial charge on any atom is 0.180 e. The number of nitrogens with two attached hydrogens (primary N) is 1. The molecule has 1 rings (SSSR count). The monoisotopic (exact) mass is 231 g/mol. The van der Waals surface area contributed by atoms with Crippen LogP contribution in [0.15, 0.2) is 23.1 Å². The van der Waals surface area contributed by atoms with E-state index >= 15 is 0 Å². The van der Waals surface area contributed by atoms with Crippen LogP contribution >= 0.6 is 0 Å². The second kappa shape index (κ2) is 4.61. The highest BCUT2D eigenvalue weighted by Gasteiger charge is 2.17. The molecular weight excluding hydrogens is 217 g/mol. The first-order chi connectivity index (χ1) is 6.97. The largest absolute Gasteiger partial charge is 0.398 e. The van der Waals surface area contributed by atoms with Crippen LogP contribution < -0.4 is 5.73 Å². The molecule has 0 amide bonds. The highest BCUT2D eigenvalue weighted by atomic mass is 32.2. The minimum atomic E-state index is -3.44. The van der Waals surface area contributed by atoms with Gasteiger partial charge in [0.2, 0.25) is 0 Å². The van der Waals surface area contributed by atoms with Gasteiger partial charge >= 0.3 is 0 Å². The van der Waals surface area contributed by atoms with Gasteiger partial charge in [-0.1, -0.05) is 6.07 Å². The van der Waals surface area contributed by atoms with Gasteiger partial charge in [-0.3, -0.25) is 4.39 Å². The number of sulfone groups is 1. The molecule has 15 heavy (non-hydrogen) atoms. The molecule has 0 radical (unpaired) electrons. The average molecular weight is 231 g/mol. The number of halogens is 1. The van der Waals surface area contributed by atoms with E-state index in [1.807, 2.05) is 0 Å². The first-order valence-corrected chi connectivity index (χ1v) is 6.27. The van der Waals surface area contributed by atoms with E-state index in [1.54, 1.807) is 19.1 Å². The summed E-state index contributed by atoms with van der Waals surface area (Å²) in [6, 6.07) is 4.81. The minimum Gasteiger partial charge on any atom is -0.398 e. The van der Waals surface area contributed by atoms with Crippen molar-refractivity contribution in [1.29, 1.82) is 0 Å². The number of nitrogen functional groups attached to an aromatic ring is 1. The lowest BCUT2D eigenvalue weighted by Crippen LogP contribution is -2.10. The Morgan fingerprint density at radius 1 is 1.40 bits per heavy atom. The zero-order chi connectivity index (χ0) is 11.5. The molecule has 5 heteroatoms. The van der Waals surface area contributed by atoms with Gasteiger partial charge in [0.1, 0.15) is 0 Å². The van der Waals surface area contributed by atoms with Crippen molar-refractivity contribution in [1.82, 2.24) is 0 Å². The zero-order valence-corrected chi connectivity index (χ0v) is 9.35. The van der Waals surface area contributed by atoms with E-state index in [0.29, 0.717) is 0 Å². The highest BCUT2D eigenvalue weighted by Crippen LogP contribution is 2.21. The highest BCUT2D eigenvalue weighted by molar-refractivity contribution is 7.91. The van der Waals surface area contributed by atoms with Crippen molar-refractivity contribution in [3.8, 4) is 0 Å². The Hall–Kier alpha value is -1.10. The first kappa shape index (κ1) is 12.0. The molecule has 0 spiro atoms. The molecule has 0 heterocycles. The quantitative estimate of drug-likeness (QED) is 0.802. The summed E-state index contributed by atoms with van der Waals surface area (Å²) in [4.78, 5) is 0.107. The second-order valence-electron chi connectivity index (χ2n) is 3.40. The van der Waals surface area contributed by atoms with Crippen LogP contribution in [-0.2, 0) is 9.84 Å². The number of alkyl halides is 1. The van der Waals surface area contributed by atoms with Crippen LogP contribution in [0.3, 0.4) is 0 Å². The molecule has 0 aliphatic heterocycles. The van der Waals surface area contributed by atoms with Gasteiger partial charge in [0.25, 0.3) is 0 Å². The minimum absolute atomic E-state index is 0.00964. The van der Waals surface area contributed by atoms with Crippen molar-refractivity contribution in [3.63, 3.8) is 0 Å². The average Bonchev–Trinajstić information content (AvgIpc) is 2.18. The summed E-state index contributed by atoms with van der Waals surface area (Å²) in [5.41, 5.74) is 6.62. The van der Waals surface area contributed by atoms with Gasteiger partial charge in [-0.15, -0.1) is 0 Å². The van der Waals surface area contributed by atoms with E-state index in [9.17, 15) is 12.8 Å². The Labute approximate surface area is 89.0 Å². The van der Waals surface area contributed by atoms with Crippen LogP contribution in [0.4, 0.5) is 10.1 Å². The van der Waals surface area contributed by atoms with Crippen LogP contribution in [0.5, 0.6) is 0 Å². The van der Waals surface area contributed by atoms with Crippen LogP contribution in [0.1, 0.15) is 12.0 Å². The molecule has 3 nitrogen and oxygen atoms in total. The molecule has 0 saturated heterocycles. The van der Waals surface area contributed by atoms with Crippen molar-refractivity contribution in [2.75, 3.05) is 18.2 Å². The summed E-state index contributed by atoms with van der Waals surface area (Å²) in [5, 5.41) is 0. The van der Waals surface area contributed by atoms with Crippen LogP contribution in [0.25, 0.3) is 0 Å². The molecule has 1 aromatic carbocycles. The topological polar surface area (TPSA) is 60.2 Å². The van der Waals surface area contributed by atoms with Gasteiger partial charge < -0.3 is 5.73 Å². The summed E-state index contributed by atoms with van der Waals surface area (Å²) >= 11 is 0. The van der Waals surface area contributed by atoms with Gasteiger partial charge in [-0.25, -0.2) is 8.42 Å². The van der Waals surface area contributed by atoms with Gasteiger partial charge in [0.05, 0.1) is 23.0 Å². The molecule has 1 aromatic rings. The van der Waals surface area contributed by atoms with Crippen molar-refractivity contribution < 1.29 is 12.8 Å². The standard InChI is InChI=1S/C10H14FNO2S/c1-8-3-4-9(12)10(7-8)15(13,14)6-2-5-11/h3-4,7H,2,5-6,12H2,1H3. The SMILES string of the molecule is Cc1ccc(N)c(S(=O)(=O)CCCF)c1. The Bertz CT molecular complexity index is 443. The van der Waals surface area contributed by atoms with Crippen LogP contribution in [-0.4, -0.2) is 20.8 Å². The summed E-state index contributed by atoms with van der Waals surface area (Å²) in [7, 11) is -3.44. The lowest BCUT2D eigenvalue weighted by Gasteiger charge is -2.07. The smallest absolute Gasteiger partial charge is 0.180 e. The van der Waals surface area contributed by atoms with Crippen molar-refractivity contribution in [2.24, 2.45) is 0 Å². The molecule has 2 N–H and O–H groups in total. The number of rotatable bonds is 4. The summed E-state index contributed by atoms with van der Waals surface area (Å²) < 4.78 is 35.4. The molecule has 0 bridgehead atoms. The maximum absolute atomic E-state index is 11.9. The number of hydrogen-bond acceptors (Lipinski definition) is 3. The first-order valence-electron chi connectivity index (χ1n) is 4.62. The molecule has 0 aliphatic rings. The molecule has 0 aromatic heterocycles. The van der Waals surface area contributed by atoms with E-state index in [-0.39, 0.29) is 22.8 Å². The normalized spacial score (nSPS) is 11.6. The second-order valence-corrected chi connectivity index (χ2v) is 5.48. The van der Waals surface area contributed by atoms with E-state index in [4.69, 9.17) is 5.73 Å². The lowest BCUT2D eigenvalue weighted by molar-refractivity contribution is 0.484. The summed E-state index contributed by atoms with van der Waals surface area (Å²) in [6.45, 7) is 1.15. The van der Waals surface area contributed by atoms with Crippen LogP contribution in [0, 0.1) is 6.92 Å². The van der Waals surface area contributed by atoms with Crippen molar-refractivity contribution in [2.45, 2.75) is 18.2 Å². The van der Waals surface area contributed by atoms with E-state index in [2.05, 4.69) is 0 Å². The molecule has 0 unspecified atom stereocenters. The Morgan fingerprint density at radius 3 is 2.67 bits per heavy atom. The maximum atomic E-state index is 11.9. The molecular formula is C10H14FNO2S. The molecule has 0 atom stereocenters. The lowest BCUT2D eigenvalue weighted by atomic mass is 10.2. The fourth-order valence-electron chi connectivity index (χ4n) is 1.27. The number of hydrogen-bond donors (Lipinski definition) is 1. The van der Waals surface area contributed by atoms with E-state index < -0.39 is 16.5 Å². The van der Waals surface area contributed by atoms with Crippen LogP contribution in [0.2, 0.25) is 0 Å². The number of aryl methyl sites for hydroxylation is 1. The van der Waals surface area contributed by atoms with Gasteiger partial charge in [-0.2, -0.15) is 0 Å². The van der Waals surface area contributed by atoms with Gasteiger partial charge in [0.15, 0.2) is 9.84 Å². The Kier molecular flexibility index (Phi) is 3.68. The van der Waals surface area contributed by atoms with E-state index in [0.717, 1.165) is 5.56 Å². The third-order valence-electron chi connectivity index (χ3n) is 2.05. The molecule has 84 valence electrons. The fraction of sp³-hybridized carbons (Fsp3) is 0.400. The Balaban J connectivity index is 3.09. The fourth-order valence-corrected chi connectivity index (χ4v) is 2.77. The van der Waals surface area contributed by atoms with Gasteiger partial charge in [-0.05, 0) is 31.0 Å².